The predicted molar refractivity (Wildman–Crippen MR) is 154 cm³/mol. The molecule has 2 aromatic heterocycles. The maximum absolute atomic E-state index is 12.5. The van der Waals surface area contributed by atoms with E-state index in [4.69, 9.17) is 16.6 Å². The summed E-state index contributed by atoms with van der Waals surface area (Å²) in [4.78, 5) is 29.5. The van der Waals surface area contributed by atoms with Crippen LogP contribution in [-0.4, -0.2) is 21.8 Å². The van der Waals surface area contributed by atoms with Gasteiger partial charge in [-0.05, 0) is 49.8 Å². The quantitative estimate of drug-likeness (QED) is 0.0872. The number of ketones is 1. The Morgan fingerprint density at radius 2 is 1.61 bits per heavy atom. The van der Waals surface area contributed by atoms with E-state index in [-0.39, 0.29) is 16.8 Å². The smallest absolute Gasteiger partial charge is 0.226 e. The van der Waals surface area contributed by atoms with Crippen LogP contribution in [0.1, 0.15) is 118 Å². The third kappa shape index (κ3) is 12.6. The van der Waals surface area contributed by atoms with Crippen molar-refractivity contribution in [2.45, 2.75) is 104 Å². The van der Waals surface area contributed by atoms with Crippen LogP contribution in [-0.2, 0) is 4.79 Å². The second-order valence-corrected chi connectivity index (χ2v) is 10.5. The van der Waals surface area contributed by atoms with E-state index in [0.29, 0.717) is 27.9 Å². The fraction of sp³-hybridized carbons (Fsp3) is 0.571. The Balaban J connectivity index is 1.54. The average molecular weight is 532 g/mol. The lowest BCUT2D eigenvalue weighted by molar-refractivity contribution is -0.119. The van der Waals surface area contributed by atoms with Gasteiger partial charge < -0.3 is 15.1 Å². The molecule has 0 spiro atoms. The number of thiazole rings is 1. The lowest BCUT2D eigenvalue weighted by Gasteiger charge is -2.07. The summed E-state index contributed by atoms with van der Waals surface area (Å²) < 4.78 is 5.20. The summed E-state index contributed by atoms with van der Waals surface area (Å²) in [6, 6.07) is 3.54. The van der Waals surface area contributed by atoms with Gasteiger partial charge in [0, 0.05) is 6.42 Å². The van der Waals surface area contributed by atoms with Gasteiger partial charge in [-0.25, -0.2) is 4.98 Å². The minimum absolute atomic E-state index is 0.0958. The Kier molecular flexibility index (Phi) is 15.0. The molecule has 2 heterocycles. The first-order valence-electron chi connectivity index (χ1n) is 13.3. The average Bonchev–Trinajstić information content (AvgIpc) is 3.50. The standard InChI is InChI=1S/C28H41N3O3S2/c1-3-4-5-6-7-8-9-10-11-12-13-14-15-18-25(33)30-27(35)31-28-29-22(2)26(36-28)24(32)20-19-23-17-16-21-34-23/h16-17,19-21H,3-15,18H2,1-2H3,(H2,29,30,31,33,35). The van der Waals surface area contributed by atoms with Crippen molar-refractivity contribution >= 4 is 51.6 Å². The van der Waals surface area contributed by atoms with E-state index in [0.717, 1.165) is 12.8 Å². The fourth-order valence-electron chi connectivity index (χ4n) is 3.92. The van der Waals surface area contributed by atoms with Gasteiger partial charge in [0.25, 0.3) is 0 Å². The Bertz CT molecular complexity index is 951. The molecule has 1 amide bonds. The predicted octanol–water partition coefficient (Wildman–Crippen LogP) is 8.23. The van der Waals surface area contributed by atoms with Gasteiger partial charge >= 0.3 is 0 Å². The van der Waals surface area contributed by atoms with Crippen LogP contribution in [0, 0.1) is 6.92 Å². The summed E-state index contributed by atoms with van der Waals surface area (Å²) in [5.74, 6) is 0.351. The molecule has 36 heavy (non-hydrogen) atoms. The molecule has 0 bridgehead atoms. The molecule has 0 saturated heterocycles. The Morgan fingerprint density at radius 3 is 2.19 bits per heavy atom. The molecule has 0 aliphatic carbocycles. The van der Waals surface area contributed by atoms with Gasteiger partial charge in [-0.3, -0.25) is 9.59 Å². The summed E-state index contributed by atoms with van der Waals surface area (Å²) in [6.07, 6.45) is 21.7. The van der Waals surface area contributed by atoms with Crippen molar-refractivity contribution in [3.05, 3.63) is 40.8 Å². The lowest BCUT2D eigenvalue weighted by atomic mass is 10.0. The highest BCUT2D eigenvalue weighted by molar-refractivity contribution is 7.80. The van der Waals surface area contributed by atoms with Crippen LogP contribution in [0.3, 0.4) is 0 Å². The van der Waals surface area contributed by atoms with E-state index in [1.165, 1.54) is 88.0 Å². The van der Waals surface area contributed by atoms with Crippen molar-refractivity contribution in [3.63, 3.8) is 0 Å². The Morgan fingerprint density at radius 1 is 1.00 bits per heavy atom. The SMILES string of the molecule is CCCCCCCCCCCCCCCC(=O)NC(=S)Nc1nc(C)c(C(=O)C=Cc2ccco2)s1. The number of amides is 1. The van der Waals surface area contributed by atoms with Gasteiger partial charge in [0.15, 0.2) is 16.0 Å². The zero-order chi connectivity index (χ0) is 26.0. The molecule has 2 aromatic rings. The summed E-state index contributed by atoms with van der Waals surface area (Å²) in [6.45, 7) is 4.03. The molecule has 0 radical (unpaired) electrons. The molecule has 198 valence electrons. The van der Waals surface area contributed by atoms with E-state index in [1.807, 2.05) is 0 Å². The number of allylic oxidation sites excluding steroid dienone is 1. The summed E-state index contributed by atoms with van der Waals surface area (Å²) >= 11 is 6.45. The molecule has 0 unspecified atom stereocenters. The van der Waals surface area contributed by atoms with Gasteiger partial charge in [-0.1, -0.05) is 95.3 Å². The number of carbonyl (C=O) groups excluding carboxylic acids is 2. The number of aromatic nitrogens is 1. The highest BCUT2D eigenvalue weighted by Gasteiger charge is 2.14. The number of carbonyl (C=O) groups is 2. The van der Waals surface area contributed by atoms with Crippen LogP contribution < -0.4 is 10.6 Å². The maximum atomic E-state index is 12.5. The molecule has 0 fully saturated rings. The Labute approximate surface area is 225 Å². The zero-order valence-electron chi connectivity index (χ0n) is 21.8. The van der Waals surface area contributed by atoms with Crippen molar-refractivity contribution < 1.29 is 14.0 Å². The van der Waals surface area contributed by atoms with E-state index in [2.05, 4.69) is 22.5 Å². The van der Waals surface area contributed by atoms with E-state index in [1.54, 1.807) is 31.4 Å². The fourth-order valence-corrected chi connectivity index (χ4v) is 5.09. The number of nitrogens with one attached hydrogen (secondary N) is 2. The van der Waals surface area contributed by atoms with Crippen LogP contribution in [0.2, 0.25) is 0 Å². The number of hydrogen-bond donors (Lipinski definition) is 2. The van der Waals surface area contributed by atoms with Crippen LogP contribution in [0.15, 0.2) is 28.9 Å². The minimum atomic E-state index is -0.160. The molecular weight excluding hydrogens is 490 g/mol. The normalized spacial score (nSPS) is 11.2. The van der Waals surface area contributed by atoms with Crippen LogP contribution in [0.25, 0.3) is 6.08 Å². The molecule has 6 nitrogen and oxygen atoms in total. The number of anilines is 1. The monoisotopic (exact) mass is 531 g/mol. The molecule has 0 aliphatic rings. The maximum Gasteiger partial charge on any atom is 0.226 e. The lowest BCUT2D eigenvalue weighted by Crippen LogP contribution is -2.33. The van der Waals surface area contributed by atoms with Crippen LogP contribution >= 0.6 is 23.6 Å². The highest BCUT2D eigenvalue weighted by atomic mass is 32.1. The summed E-state index contributed by atoms with van der Waals surface area (Å²) in [5.41, 5.74) is 0.609. The van der Waals surface area contributed by atoms with Crippen molar-refractivity contribution in [1.82, 2.24) is 10.3 Å². The topological polar surface area (TPSA) is 84.2 Å². The number of furan rings is 1. The van der Waals surface area contributed by atoms with E-state index in [9.17, 15) is 9.59 Å². The molecule has 0 aromatic carbocycles. The highest BCUT2D eigenvalue weighted by Crippen LogP contribution is 2.23. The van der Waals surface area contributed by atoms with E-state index >= 15 is 0 Å². The minimum Gasteiger partial charge on any atom is -0.465 e. The van der Waals surface area contributed by atoms with Gasteiger partial charge in [0.2, 0.25) is 5.91 Å². The van der Waals surface area contributed by atoms with Gasteiger partial charge in [-0.2, -0.15) is 0 Å². The molecule has 2 rings (SSSR count). The number of unbranched alkanes of at least 4 members (excludes halogenated alkanes) is 12. The van der Waals surface area contributed by atoms with Crippen LogP contribution in [0.4, 0.5) is 5.13 Å². The summed E-state index contributed by atoms with van der Waals surface area (Å²) in [5, 5.41) is 6.31. The van der Waals surface area contributed by atoms with Crippen LogP contribution in [0.5, 0.6) is 0 Å². The second kappa shape index (κ2) is 18.0. The summed E-state index contributed by atoms with van der Waals surface area (Å²) in [7, 11) is 0. The first-order valence-corrected chi connectivity index (χ1v) is 14.6. The molecule has 8 heteroatoms. The Hall–Kier alpha value is -2.32. The van der Waals surface area contributed by atoms with Crippen molar-refractivity contribution in [1.29, 1.82) is 0 Å². The van der Waals surface area contributed by atoms with E-state index < -0.39 is 0 Å². The number of nitrogens with zero attached hydrogens (tertiary/aromatic N) is 1. The molecular formula is C28H41N3O3S2. The van der Waals surface area contributed by atoms with Crippen molar-refractivity contribution in [2.24, 2.45) is 0 Å². The molecule has 0 saturated carbocycles. The molecule has 0 atom stereocenters. The third-order valence-electron chi connectivity index (χ3n) is 5.94. The largest absolute Gasteiger partial charge is 0.465 e. The number of hydrogen-bond acceptors (Lipinski definition) is 6. The van der Waals surface area contributed by atoms with Gasteiger partial charge in [-0.15, -0.1) is 0 Å². The number of aryl methyl sites for hydroxylation is 1. The van der Waals surface area contributed by atoms with Gasteiger partial charge in [0.05, 0.1) is 16.8 Å². The number of rotatable bonds is 18. The van der Waals surface area contributed by atoms with Crippen molar-refractivity contribution in [3.8, 4) is 0 Å². The van der Waals surface area contributed by atoms with Gasteiger partial charge in [0.1, 0.15) is 5.76 Å². The third-order valence-corrected chi connectivity index (χ3v) is 7.23. The molecule has 0 aliphatic heterocycles. The first-order chi connectivity index (χ1) is 17.5. The second-order valence-electron chi connectivity index (χ2n) is 9.14. The zero-order valence-corrected chi connectivity index (χ0v) is 23.4. The number of thiocarbonyl (C=S) groups is 1. The van der Waals surface area contributed by atoms with Crippen molar-refractivity contribution in [2.75, 3.05) is 5.32 Å². The molecule has 2 N–H and O–H groups in total. The first kappa shape index (κ1) is 29.9.